The second kappa shape index (κ2) is 6.10. The van der Waals surface area contributed by atoms with E-state index >= 15 is 0 Å². The molecule has 21 heavy (non-hydrogen) atoms. The Morgan fingerprint density at radius 3 is 3.00 bits per heavy atom. The van der Waals surface area contributed by atoms with Gasteiger partial charge in [0.05, 0.1) is 5.56 Å². The second-order valence-corrected chi connectivity index (χ2v) is 5.43. The fourth-order valence-electron chi connectivity index (χ4n) is 2.85. The van der Waals surface area contributed by atoms with Gasteiger partial charge in [-0.25, -0.2) is 0 Å². The molecule has 0 bridgehead atoms. The minimum absolute atomic E-state index is 0.185. The zero-order valence-electron chi connectivity index (χ0n) is 11.8. The monoisotopic (exact) mass is 285 g/mol. The predicted molar refractivity (Wildman–Crippen MR) is 82.5 cm³/mol. The highest BCUT2D eigenvalue weighted by molar-refractivity contribution is 6.05. The Morgan fingerprint density at radius 2 is 2.19 bits per heavy atom. The van der Waals surface area contributed by atoms with Crippen molar-refractivity contribution in [1.82, 2.24) is 15.6 Å². The van der Waals surface area contributed by atoms with E-state index in [1.165, 1.54) is 18.9 Å². The summed E-state index contributed by atoms with van der Waals surface area (Å²) in [6.07, 6.45) is 3.30. The maximum atomic E-state index is 12.3. The lowest BCUT2D eigenvalue weighted by Crippen LogP contribution is -2.31. The molecular weight excluding hydrogens is 266 g/mol. The van der Waals surface area contributed by atoms with Crippen molar-refractivity contribution >= 4 is 16.8 Å². The van der Waals surface area contributed by atoms with Crippen molar-refractivity contribution in [3.05, 3.63) is 46.2 Å². The van der Waals surface area contributed by atoms with Crippen LogP contribution in [0, 0.1) is 0 Å². The van der Waals surface area contributed by atoms with Crippen molar-refractivity contribution in [2.24, 2.45) is 0 Å². The molecule has 1 aromatic carbocycles. The Kier molecular flexibility index (Phi) is 4.01. The fourth-order valence-corrected chi connectivity index (χ4v) is 2.85. The van der Waals surface area contributed by atoms with Crippen LogP contribution in [-0.2, 0) is 0 Å². The van der Waals surface area contributed by atoms with Crippen LogP contribution >= 0.6 is 0 Å². The molecule has 5 nitrogen and oxygen atoms in total. The van der Waals surface area contributed by atoms with Crippen LogP contribution in [0.1, 0.15) is 29.6 Å². The molecule has 0 aliphatic carbocycles. The Balaban J connectivity index is 1.73. The van der Waals surface area contributed by atoms with E-state index in [0.29, 0.717) is 23.7 Å². The van der Waals surface area contributed by atoms with Crippen molar-refractivity contribution in [2.45, 2.75) is 25.3 Å². The molecular formula is C16H19N3O2. The molecule has 1 fully saturated rings. The SMILES string of the molecule is O=C(NCCC1CCCN1)c1cc(=O)[nH]c2ccccc12. The largest absolute Gasteiger partial charge is 0.352 e. The molecule has 0 radical (unpaired) electrons. The first kappa shape index (κ1) is 13.8. The van der Waals surface area contributed by atoms with Crippen LogP contribution in [0.5, 0.6) is 0 Å². The summed E-state index contributed by atoms with van der Waals surface area (Å²) in [7, 11) is 0. The average Bonchev–Trinajstić information content (AvgIpc) is 2.99. The Bertz CT molecular complexity index is 702. The molecule has 0 spiro atoms. The molecule has 110 valence electrons. The number of rotatable bonds is 4. The number of aromatic nitrogens is 1. The minimum atomic E-state index is -0.253. The van der Waals surface area contributed by atoms with Gasteiger partial charge in [-0.2, -0.15) is 0 Å². The third-order valence-corrected chi connectivity index (χ3v) is 3.94. The third kappa shape index (κ3) is 3.13. The number of nitrogens with one attached hydrogen (secondary N) is 3. The van der Waals surface area contributed by atoms with E-state index in [0.717, 1.165) is 18.4 Å². The topological polar surface area (TPSA) is 74.0 Å². The number of para-hydroxylation sites is 1. The molecule has 1 amide bonds. The van der Waals surface area contributed by atoms with E-state index in [9.17, 15) is 9.59 Å². The average molecular weight is 285 g/mol. The van der Waals surface area contributed by atoms with E-state index in [4.69, 9.17) is 0 Å². The molecule has 0 saturated carbocycles. The Morgan fingerprint density at radius 1 is 1.33 bits per heavy atom. The van der Waals surface area contributed by atoms with Crippen LogP contribution in [-0.4, -0.2) is 30.0 Å². The highest BCUT2D eigenvalue weighted by atomic mass is 16.2. The highest BCUT2D eigenvalue weighted by Crippen LogP contribution is 2.14. The maximum absolute atomic E-state index is 12.3. The van der Waals surface area contributed by atoms with Crippen molar-refractivity contribution in [2.75, 3.05) is 13.1 Å². The first-order valence-corrected chi connectivity index (χ1v) is 7.38. The van der Waals surface area contributed by atoms with Crippen LogP contribution in [0.15, 0.2) is 35.1 Å². The normalized spacial score (nSPS) is 18.0. The van der Waals surface area contributed by atoms with Crippen molar-refractivity contribution in [3.63, 3.8) is 0 Å². The number of H-pyrrole nitrogens is 1. The van der Waals surface area contributed by atoms with Crippen LogP contribution in [0.4, 0.5) is 0 Å². The zero-order valence-corrected chi connectivity index (χ0v) is 11.8. The number of aromatic amines is 1. The van der Waals surface area contributed by atoms with E-state index in [1.54, 1.807) is 6.07 Å². The molecule has 1 unspecified atom stereocenters. The van der Waals surface area contributed by atoms with Gasteiger partial charge in [-0.3, -0.25) is 9.59 Å². The zero-order chi connectivity index (χ0) is 14.7. The van der Waals surface area contributed by atoms with Gasteiger partial charge >= 0.3 is 0 Å². The minimum Gasteiger partial charge on any atom is -0.352 e. The molecule has 3 N–H and O–H groups in total. The standard InChI is InChI=1S/C16H19N3O2/c20-15-10-13(12-5-1-2-6-14(12)19-15)16(21)18-9-7-11-4-3-8-17-11/h1-2,5-6,10-11,17H,3-4,7-9H2,(H,18,21)(H,19,20). The van der Waals surface area contributed by atoms with Crippen LogP contribution in [0.3, 0.4) is 0 Å². The Hall–Kier alpha value is -2.14. The van der Waals surface area contributed by atoms with Crippen LogP contribution < -0.4 is 16.2 Å². The quantitative estimate of drug-likeness (QED) is 0.795. The predicted octanol–water partition coefficient (Wildman–Crippen LogP) is 1.40. The van der Waals surface area contributed by atoms with Crippen molar-refractivity contribution in [3.8, 4) is 0 Å². The molecule has 1 aliphatic rings. The number of amides is 1. The molecule has 1 aliphatic heterocycles. The van der Waals surface area contributed by atoms with Gasteiger partial charge in [0.2, 0.25) is 5.56 Å². The molecule has 1 saturated heterocycles. The first-order valence-electron chi connectivity index (χ1n) is 7.38. The second-order valence-electron chi connectivity index (χ2n) is 5.43. The summed E-state index contributed by atoms with van der Waals surface area (Å²) < 4.78 is 0. The van der Waals surface area contributed by atoms with E-state index in [1.807, 2.05) is 18.2 Å². The number of carbonyl (C=O) groups is 1. The lowest BCUT2D eigenvalue weighted by molar-refractivity contribution is 0.0954. The van der Waals surface area contributed by atoms with Gasteiger partial charge < -0.3 is 15.6 Å². The van der Waals surface area contributed by atoms with Crippen molar-refractivity contribution in [1.29, 1.82) is 0 Å². The van der Waals surface area contributed by atoms with Gasteiger partial charge in [0.1, 0.15) is 0 Å². The first-order chi connectivity index (χ1) is 10.2. The molecule has 2 heterocycles. The number of hydrogen-bond donors (Lipinski definition) is 3. The summed E-state index contributed by atoms with van der Waals surface area (Å²) >= 11 is 0. The maximum Gasteiger partial charge on any atom is 0.252 e. The third-order valence-electron chi connectivity index (χ3n) is 3.94. The molecule has 1 aromatic heterocycles. The summed E-state index contributed by atoms with van der Waals surface area (Å²) in [6, 6.07) is 9.22. The molecule has 5 heteroatoms. The summed E-state index contributed by atoms with van der Waals surface area (Å²) in [5, 5.41) is 7.09. The van der Waals surface area contributed by atoms with E-state index < -0.39 is 0 Å². The number of hydrogen-bond acceptors (Lipinski definition) is 3. The van der Waals surface area contributed by atoms with E-state index in [-0.39, 0.29) is 11.5 Å². The summed E-state index contributed by atoms with van der Waals surface area (Å²) in [5.74, 6) is -0.185. The molecule has 2 aromatic rings. The van der Waals surface area contributed by atoms with E-state index in [2.05, 4.69) is 15.6 Å². The summed E-state index contributed by atoms with van der Waals surface area (Å²) in [4.78, 5) is 26.7. The van der Waals surface area contributed by atoms with Crippen LogP contribution in [0.2, 0.25) is 0 Å². The number of carbonyl (C=O) groups excluding carboxylic acids is 1. The smallest absolute Gasteiger partial charge is 0.252 e. The van der Waals surface area contributed by atoms with Crippen LogP contribution in [0.25, 0.3) is 10.9 Å². The van der Waals surface area contributed by atoms with Gasteiger partial charge in [0, 0.05) is 29.6 Å². The summed E-state index contributed by atoms with van der Waals surface area (Å²) in [6.45, 7) is 1.69. The number of benzene rings is 1. The lowest BCUT2D eigenvalue weighted by atomic mass is 10.1. The number of fused-ring (bicyclic) bond motifs is 1. The van der Waals surface area contributed by atoms with Gasteiger partial charge in [0.25, 0.3) is 5.91 Å². The van der Waals surface area contributed by atoms with Gasteiger partial charge in [0.15, 0.2) is 0 Å². The van der Waals surface area contributed by atoms with Gasteiger partial charge in [-0.15, -0.1) is 0 Å². The summed E-state index contributed by atoms with van der Waals surface area (Å²) in [5.41, 5.74) is 0.873. The van der Waals surface area contributed by atoms with Gasteiger partial charge in [-0.1, -0.05) is 18.2 Å². The number of pyridine rings is 1. The molecule has 3 rings (SSSR count). The Labute approximate surface area is 122 Å². The highest BCUT2D eigenvalue weighted by Gasteiger charge is 2.15. The fraction of sp³-hybridized carbons (Fsp3) is 0.375. The van der Waals surface area contributed by atoms with Crippen molar-refractivity contribution < 1.29 is 4.79 Å². The molecule has 1 atom stereocenters. The van der Waals surface area contributed by atoms with Gasteiger partial charge in [-0.05, 0) is 31.9 Å². The lowest BCUT2D eigenvalue weighted by Gasteiger charge is -2.11.